The van der Waals surface area contributed by atoms with E-state index in [-0.39, 0.29) is 17.3 Å². The molecule has 0 unspecified atom stereocenters. The number of benzene rings is 2. The van der Waals surface area contributed by atoms with Crippen molar-refractivity contribution in [3.05, 3.63) is 53.7 Å². The van der Waals surface area contributed by atoms with Crippen LogP contribution in [0.5, 0.6) is 11.5 Å². The van der Waals surface area contributed by atoms with Crippen LogP contribution in [-0.4, -0.2) is 31.7 Å². The molecule has 0 atom stereocenters. The number of amides is 1. The Kier molecular flexibility index (Phi) is 6.00. The highest BCUT2D eigenvalue weighted by Gasteiger charge is 2.30. The summed E-state index contributed by atoms with van der Waals surface area (Å²) in [4.78, 5) is 16.8. The van der Waals surface area contributed by atoms with E-state index in [0.717, 1.165) is 12.1 Å². The van der Waals surface area contributed by atoms with Gasteiger partial charge in [-0.2, -0.15) is 13.2 Å². The van der Waals surface area contributed by atoms with E-state index in [1.807, 2.05) is 0 Å². The van der Waals surface area contributed by atoms with Crippen LogP contribution >= 0.6 is 0 Å². The van der Waals surface area contributed by atoms with Gasteiger partial charge in [-0.25, -0.2) is 4.98 Å². The Morgan fingerprint density at radius 3 is 2.13 bits per heavy atom. The Balaban J connectivity index is 2.12. The monoisotopic (exact) mass is 420 g/mol. The average Bonchev–Trinajstić information content (AvgIpc) is 3.18. The van der Waals surface area contributed by atoms with Crippen molar-refractivity contribution in [2.45, 2.75) is 13.1 Å². The number of nitrogens with zero attached hydrogens (tertiary/aromatic N) is 1. The summed E-state index contributed by atoms with van der Waals surface area (Å²) in [5.74, 6) is 0.628. The van der Waals surface area contributed by atoms with E-state index in [4.69, 9.17) is 13.9 Å². The number of rotatable bonds is 6. The molecule has 1 N–H and O–H groups in total. The topological polar surface area (TPSA) is 73.6 Å². The van der Waals surface area contributed by atoms with Gasteiger partial charge in [0, 0.05) is 23.7 Å². The van der Waals surface area contributed by atoms with Crippen molar-refractivity contribution >= 4 is 5.91 Å². The van der Waals surface area contributed by atoms with Crippen molar-refractivity contribution in [3.63, 3.8) is 0 Å². The molecule has 1 amide bonds. The number of alkyl halides is 3. The lowest BCUT2D eigenvalue weighted by molar-refractivity contribution is -0.137. The number of methoxy groups -OCH3 is 2. The number of oxazole rings is 1. The number of hydrogen-bond acceptors (Lipinski definition) is 5. The second-order valence-electron chi connectivity index (χ2n) is 6.23. The highest BCUT2D eigenvalue weighted by Crippen LogP contribution is 2.36. The predicted molar refractivity (Wildman–Crippen MR) is 103 cm³/mol. The first-order chi connectivity index (χ1) is 14.3. The van der Waals surface area contributed by atoms with E-state index in [1.54, 1.807) is 25.1 Å². The Labute approximate surface area is 170 Å². The van der Waals surface area contributed by atoms with Crippen molar-refractivity contribution in [3.8, 4) is 34.3 Å². The lowest BCUT2D eigenvalue weighted by Crippen LogP contribution is -2.23. The maximum Gasteiger partial charge on any atom is 0.416 e. The molecular formula is C21H19F3N2O4. The van der Waals surface area contributed by atoms with Crippen molar-refractivity contribution < 1.29 is 31.9 Å². The van der Waals surface area contributed by atoms with E-state index < -0.39 is 17.6 Å². The minimum Gasteiger partial charge on any atom is -0.497 e. The number of ether oxygens (including phenoxy) is 2. The average molecular weight is 420 g/mol. The standard InChI is InChI=1S/C21H19F3N2O4/c1-4-25-19(27)17-18(13-9-15(28-2)11-16(10-13)29-3)30-20(26-17)12-5-7-14(8-6-12)21(22,23)24/h5-11H,4H2,1-3H3,(H,25,27). The first kappa shape index (κ1) is 21.2. The fourth-order valence-electron chi connectivity index (χ4n) is 2.78. The molecule has 0 saturated carbocycles. The largest absolute Gasteiger partial charge is 0.497 e. The molecule has 0 aliphatic carbocycles. The lowest BCUT2D eigenvalue weighted by Gasteiger charge is -2.08. The summed E-state index contributed by atoms with van der Waals surface area (Å²) >= 11 is 0. The van der Waals surface area contributed by atoms with Gasteiger partial charge in [0.15, 0.2) is 11.5 Å². The van der Waals surface area contributed by atoms with Crippen LogP contribution in [0.15, 0.2) is 46.9 Å². The van der Waals surface area contributed by atoms with Gasteiger partial charge in [-0.3, -0.25) is 4.79 Å². The summed E-state index contributed by atoms with van der Waals surface area (Å²) in [7, 11) is 2.97. The zero-order valence-corrected chi connectivity index (χ0v) is 16.5. The number of halogens is 3. The van der Waals surface area contributed by atoms with Crippen molar-refractivity contribution in [1.82, 2.24) is 10.3 Å². The van der Waals surface area contributed by atoms with E-state index in [0.29, 0.717) is 29.2 Å². The molecule has 0 aliphatic rings. The van der Waals surface area contributed by atoms with E-state index in [1.165, 1.54) is 26.4 Å². The molecule has 1 aromatic heterocycles. The van der Waals surface area contributed by atoms with E-state index in [2.05, 4.69) is 10.3 Å². The van der Waals surface area contributed by atoms with E-state index >= 15 is 0 Å². The number of carbonyl (C=O) groups is 1. The summed E-state index contributed by atoms with van der Waals surface area (Å²) in [6.45, 7) is 2.12. The van der Waals surface area contributed by atoms with Crippen LogP contribution in [0, 0.1) is 0 Å². The molecule has 30 heavy (non-hydrogen) atoms. The van der Waals surface area contributed by atoms with E-state index in [9.17, 15) is 18.0 Å². The number of aromatic nitrogens is 1. The summed E-state index contributed by atoms with van der Waals surface area (Å²) in [5.41, 5.74) is -0.0191. The molecule has 0 fully saturated rings. The molecule has 0 bridgehead atoms. The smallest absolute Gasteiger partial charge is 0.416 e. The number of nitrogens with one attached hydrogen (secondary N) is 1. The number of carbonyl (C=O) groups excluding carboxylic acids is 1. The maximum absolute atomic E-state index is 12.8. The molecule has 0 aliphatic heterocycles. The Morgan fingerprint density at radius 2 is 1.63 bits per heavy atom. The van der Waals surface area contributed by atoms with Gasteiger partial charge in [0.1, 0.15) is 11.5 Å². The summed E-state index contributed by atoms with van der Waals surface area (Å²) < 4.78 is 54.8. The summed E-state index contributed by atoms with van der Waals surface area (Å²) in [6, 6.07) is 9.28. The Hall–Kier alpha value is -3.49. The molecule has 9 heteroatoms. The molecule has 0 saturated heterocycles. The van der Waals surface area contributed by atoms with Crippen molar-refractivity contribution in [2.75, 3.05) is 20.8 Å². The molecule has 0 spiro atoms. The van der Waals surface area contributed by atoms with Gasteiger partial charge < -0.3 is 19.2 Å². The number of hydrogen-bond donors (Lipinski definition) is 1. The molecule has 1 heterocycles. The predicted octanol–water partition coefficient (Wildman–Crippen LogP) is 4.79. The molecule has 2 aromatic carbocycles. The van der Waals surface area contributed by atoms with Crippen LogP contribution in [0.4, 0.5) is 13.2 Å². The third-order valence-corrected chi connectivity index (χ3v) is 4.25. The second kappa shape index (κ2) is 8.48. The minimum atomic E-state index is -4.45. The summed E-state index contributed by atoms with van der Waals surface area (Å²) in [6.07, 6.45) is -4.45. The molecule has 0 radical (unpaired) electrons. The Morgan fingerprint density at radius 1 is 1.03 bits per heavy atom. The van der Waals surface area contributed by atoms with Crippen LogP contribution in [0.25, 0.3) is 22.8 Å². The zero-order chi connectivity index (χ0) is 21.9. The van der Waals surface area contributed by atoms with Gasteiger partial charge in [-0.05, 0) is 43.3 Å². The third-order valence-electron chi connectivity index (χ3n) is 4.25. The van der Waals surface area contributed by atoms with Gasteiger partial charge in [0.05, 0.1) is 19.8 Å². The van der Waals surface area contributed by atoms with Crippen LogP contribution in [0.3, 0.4) is 0 Å². The van der Waals surface area contributed by atoms with Crippen molar-refractivity contribution in [2.24, 2.45) is 0 Å². The SMILES string of the molecule is CCNC(=O)c1nc(-c2ccc(C(F)(F)F)cc2)oc1-c1cc(OC)cc(OC)c1. The first-order valence-corrected chi connectivity index (χ1v) is 8.97. The second-order valence-corrected chi connectivity index (χ2v) is 6.23. The highest BCUT2D eigenvalue weighted by molar-refractivity contribution is 5.98. The third kappa shape index (κ3) is 4.40. The van der Waals surface area contributed by atoms with Crippen LogP contribution in [-0.2, 0) is 6.18 Å². The highest BCUT2D eigenvalue weighted by atomic mass is 19.4. The van der Waals surface area contributed by atoms with Crippen LogP contribution in [0.2, 0.25) is 0 Å². The first-order valence-electron chi connectivity index (χ1n) is 8.97. The van der Waals surface area contributed by atoms with Gasteiger partial charge in [0.2, 0.25) is 5.89 Å². The fourth-order valence-corrected chi connectivity index (χ4v) is 2.78. The maximum atomic E-state index is 12.8. The quantitative estimate of drug-likeness (QED) is 0.621. The van der Waals surface area contributed by atoms with Gasteiger partial charge in [0.25, 0.3) is 5.91 Å². The molecule has 3 aromatic rings. The van der Waals surface area contributed by atoms with Crippen LogP contribution < -0.4 is 14.8 Å². The minimum absolute atomic E-state index is 0.00190. The Bertz CT molecular complexity index is 1020. The van der Waals surface area contributed by atoms with Gasteiger partial charge in [-0.15, -0.1) is 0 Å². The van der Waals surface area contributed by atoms with Crippen LogP contribution in [0.1, 0.15) is 23.0 Å². The zero-order valence-electron chi connectivity index (χ0n) is 16.5. The molecule has 6 nitrogen and oxygen atoms in total. The lowest BCUT2D eigenvalue weighted by atomic mass is 10.1. The van der Waals surface area contributed by atoms with Crippen molar-refractivity contribution in [1.29, 1.82) is 0 Å². The normalized spacial score (nSPS) is 11.3. The molecular weight excluding hydrogens is 401 g/mol. The molecule has 158 valence electrons. The van der Waals surface area contributed by atoms with Gasteiger partial charge >= 0.3 is 6.18 Å². The summed E-state index contributed by atoms with van der Waals surface area (Å²) in [5, 5.41) is 2.65. The molecule has 3 rings (SSSR count). The van der Waals surface area contributed by atoms with Gasteiger partial charge in [-0.1, -0.05) is 0 Å². The fraction of sp³-hybridized carbons (Fsp3) is 0.238.